The zero-order valence-electron chi connectivity index (χ0n) is 17.9. The van der Waals surface area contributed by atoms with Crippen molar-refractivity contribution in [2.24, 2.45) is 22.2 Å². The van der Waals surface area contributed by atoms with E-state index in [-0.39, 0.29) is 25.3 Å². The van der Waals surface area contributed by atoms with Gasteiger partial charge in [0, 0.05) is 6.54 Å². The zero-order chi connectivity index (χ0) is 25.0. The number of carboxylic acids is 1. The molecule has 0 aliphatic rings. The molecule has 3 amide bonds. The van der Waals surface area contributed by atoms with Gasteiger partial charge in [-0.1, -0.05) is 0 Å². The molecule has 32 heavy (non-hydrogen) atoms. The van der Waals surface area contributed by atoms with Gasteiger partial charge in [0.25, 0.3) is 0 Å². The molecule has 0 saturated heterocycles. The highest BCUT2D eigenvalue weighted by Crippen LogP contribution is 2.03. The lowest BCUT2D eigenvalue weighted by atomic mass is 10.1. The van der Waals surface area contributed by atoms with Crippen LogP contribution in [0.2, 0.25) is 0 Å². The number of aliphatic hydroxyl groups is 3. The molecule has 0 aliphatic carbocycles. The number of aliphatic hydroxyl groups excluding tert-OH is 3. The molecule has 0 saturated carbocycles. The molecule has 0 aromatic carbocycles. The van der Waals surface area contributed by atoms with Crippen molar-refractivity contribution in [3.8, 4) is 0 Å². The summed E-state index contributed by atoms with van der Waals surface area (Å²) < 4.78 is 0. The number of carbonyl (C=O) groups excluding carboxylic acids is 3. The van der Waals surface area contributed by atoms with Crippen LogP contribution in [0.1, 0.15) is 26.7 Å². The molecule has 6 atom stereocenters. The summed E-state index contributed by atoms with van der Waals surface area (Å²) >= 11 is 0. The van der Waals surface area contributed by atoms with Gasteiger partial charge in [0.15, 0.2) is 12.0 Å². The lowest BCUT2D eigenvalue weighted by Gasteiger charge is -2.27. The number of amides is 3. The summed E-state index contributed by atoms with van der Waals surface area (Å²) in [4.78, 5) is 52.1. The molecule has 0 aromatic heterocycles. The number of guanidine groups is 1. The average molecular weight is 463 g/mol. The van der Waals surface area contributed by atoms with Crippen LogP contribution in [-0.4, -0.2) is 99.6 Å². The molecule has 15 heteroatoms. The summed E-state index contributed by atoms with van der Waals surface area (Å²) in [7, 11) is 0. The smallest absolute Gasteiger partial charge is 0.328 e. The van der Waals surface area contributed by atoms with E-state index in [2.05, 4.69) is 15.6 Å². The number of carboxylic acid groups (broad SMARTS) is 1. The molecule has 0 fully saturated rings. The molecule has 0 spiro atoms. The van der Waals surface area contributed by atoms with Gasteiger partial charge in [0.05, 0.1) is 18.8 Å². The van der Waals surface area contributed by atoms with Gasteiger partial charge in [0.2, 0.25) is 17.7 Å². The summed E-state index contributed by atoms with van der Waals surface area (Å²) in [6.07, 6.45) is -2.67. The van der Waals surface area contributed by atoms with Crippen LogP contribution < -0.4 is 33.2 Å². The lowest BCUT2D eigenvalue weighted by Crippen LogP contribution is -2.61. The zero-order valence-corrected chi connectivity index (χ0v) is 17.9. The van der Waals surface area contributed by atoms with E-state index < -0.39 is 66.7 Å². The highest BCUT2D eigenvalue weighted by atomic mass is 16.4. The first-order valence-corrected chi connectivity index (χ1v) is 9.73. The second kappa shape index (κ2) is 14.1. The number of nitrogens with zero attached hydrogens (tertiary/aromatic N) is 1. The maximum Gasteiger partial charge on any atom is 0.328 e. The number of aliphatic carboxylic acids is 1. The molecule has 0 heterocycles. The van der Waals surface area contributed by atoms with Crippen LogP contribution >= 0.6 is 0 Å². The SMILES string of the molecule is CC(O)C(NC(=O)C(NC(=O)C(CCCN=C(N)N)NC(=O)C(N)CO)C(C)O)C(=O)O. The molecule has 0 radical (unpaired) electrons. The van der Waals surface area contributed by atoms with Crippen LogP contribution in [0.5, 0.6) is 0 Å². The maximum atomic E-state index is 12.7. The van der Waals surface area contributed by atoms with Crippen molar-refractivity contribution in [1.82, 2.24) is 16.0 Å². The number of carbonyl (C=O) groups is 4. The minimum atomic E-state index is -1.68. The van der Waals surface area contributed by atoms with Crippen LogP contribution in [0.15, 0.2) is 4.99 Å². The highest BCUT2D eigenvalue weighted by Gasteiger charge is 2.33. The first-order valence-electron chi connectivity index (χ1n) is 9.73. The van der Waals surface area contributed by atoms with Crippen molar-refractivity contribution in [2.45, 2.75) is 63.1 Å². The summed E-state index contributed by atoms with van der Waals surface area (Å²) in [5, 5.41) is 44.1. The minimum Gasteiger partial charge on any atom is -0.480 e. The normalized spacial score (nSPS) is 16.4. The Morgan fingerprint density at radius 2 is 1.44 bits per heavy atom. The molecular weight excluding hydrogens is 430 g/mol. The standard InChI is InChI=1S/C17H33N7O8/c1-7(26)11(15(30)24-12(8(2)27)16(31)32)23-14(29)10(4-3-5-21-17(19)20)22-13(28)9(18)6-25/h7-12,25-27H,3-6,18H2,1-2H3,(H,22,28)(H,23,29)(H,24,30)(H,31,32)(H4,19,20,21). The van der Waals surface area contributed by atoms with E-state index in [1.54, 1.807) is 0 Å². The molecule has 6 unspecified atom stereocenters. The Bertz CT molecular complexity index is 682. The number of hydrogen-bond acceptors (Lipinski definition) is 9. The Morgan fingerprint density at radius 3 is 1.88 bits per heavy atom. The molecule has 15 nitrogen and oxygen atoms in total. The predicted octanol–water partition coefficient (Wildman–Crippen LogP) is -5.34. The second-order valence-electron chi connectivity index (χ2n) is 7.09. The lowest BCUT2D eigenvalue weighted by molar-refractivity contribution is -0.146. The number of hydrogen-bond donors (Lipinski definition) is 10. The number of aliphatic imine (C=N–C) groups is 1. The van der Waals surface area contributed by atoms with Gasteiger partial charge in [-0.05, 0) is 26.7 Å². The van der Waals surface area contributed by atoms with Crippen LogP contribution in [0.25, 0.3) is 0 Å². The molecule has 0 bridgehead atoms. The van der Waals surface area contributed by atoms with E-state index in [1.807, 2.05) is 5.32 Å². The highest BCUT2D eigenvalue weighted by molar-refractivity contribution is 5.94. The fourth-order valence-electron chi connectivity index (χ4n) is 2.42. The maximum absolute atomic E-state index is 12.7. The Labute approximate surface area is 184 Å². The molecular formula is C17H33N7O8. The average Bonchev–Trinajstić information content (AvgIpc) is 2.70. The van der Waals surface area contributed by atoms with Gasteiger partial charge in [-0.2, -0.15) is 0 Å². The number of nitrogens with one attached hydrogen (secondary N) is 3. The van der Waals surface area contributed by atoms with E-state index in [4.69, 9.17) is 27.4 Å². The van der Waals surface area contributed by atoms with Crippen molar-refractivity contribution >= 4 is 29.7 Å². The Kier molecular flexibility index (Phi) is 12.8. The van der Waals surface area contributed by atoms with Gasteiger partial charge in [-0.15, -0.1) is 0 Å². The molecule has 0 aromatic rings. The Morgan fingerprint density at radius 1 is 0.906 bits per heavy atom. The minimum absolute atomic E-state index is 0.00603. The fourth-order valence-corrected chi connectivity index (χ4v) is 2.42. The first-order chi connectivity index (χ1) is 14.8. The van der Waals surface area contributed by atoms with Crippen molar-refractivity contribution in [3.63, 3.8) is 0 Å². The molecule has 184 valence electrons. The van der Waals surface area contributed by atoms with Crippen LogP contribution in [0.3, 0.4) is 0 Å². The van der Waals surface area contributed by atoms with Gasteiger partial charge in [0.1, 0.15) is 18.1 Å². The summed E-state index contributed by atoms with van der Waals surface area (Å²) in [6, 6.07) is -5.83. The van der Waals surface area contributed by atoms with Crippen LogP contribution in [-0.2, 0) is 19.2 Å². The van der Waals surface area contributed by atoms with E-state index in [0.29, 0.717) is 0 Å². The van der Waals surface area contributed by atoms with Crippen molar-refractivity contribution < 1.29 is 39.6 Å². The third-order valence-electron chi connectivity index (χ3n) is 4.22. The van der Waals surface area contributed by atoms with Gasteiger partial charge < -0.3 is 53.6 Å². The van der Waals surface area contributed by atoms with Gasteiger partial charge in [-0.3, -0.25) is 19.4 Å². The quantitative estimate of drug-likeness (QED) is 0.0659. The summed E-state index contributed by atoms with van der Waals surface area (Å²) in [6.45, 7) is 1.77. The van der Waals surface area contributed by atoms with Crippen LogP contribution in [0.4, 0.5) is 0 Å². The van der Waals surface area contributed by atoms with Crippen molar-refractivity contribution in [3.05, 3.63) is 0 Å². The number of nitrogens with two attached hydrogens (primary N) is 3. The third-order valence-corrected chi connectivity index (χ3v) is 4.22. The topological polar surface area (TPSA) is 276 Å². The third kappa shape index (κ3) is 10.3. The molecule has 0 rings (SSSR count). The van der Waals surface area contributed by atoms with E-state index in [0.717, 1.165) is 6.92 Å². The molecule has 13 N–H and O–H groups in total. The van der Waals surface area contributed by atoms with Crippen molar-refractivity contribution in [2.75, 3.05) is 13.2 Å². The van der Waals surface area contributed by atoms with Gasteiger partial charge in [-0.25, -0.2) is 4.79 Å². The largest absolute Gasteiger partial charge is 0.480 e. The second-order valence-corrected chi connectivity index (χ2v) is 7.09. The van der Waals surface area contributed by atoms with E-state index in [9.17, 15) is 29.4 Å². The predicted molar refractivity (Wildman–Crippen MR) is 112 cm³/mol. The first kappa shape index (κ1) is 29.0. The van der Waals surface area contributed by atoms with Crippen molar-refractivity contribution in [1.29, 1.82) is 0 Å². The van der Waals surface area contributed by atoms with E-state index >= 15 is 0 Å². The summed E-state index contributed by atoms with van der Waals surface area (Å²) in [5.41, 5.74) is 15.9. The fraction of sp³-hybridized carbons (Fsp3) is 0.706. The molecule has 0 aliphatic heterocycles. The summed E-state index contributed by atoms with van der Waals surface area (Å²) in [5.74, 6) is -4.49. The van der Waals surface area contributed by atoms with E-state index in [1.165, 1.54) is 6.92 Å². The number of rotatable bonds is 14. The van der Waals surface area contributed by atoms with Crippen LogP contribution in [0, 0.1) is 0 Å². The van der Waals surface area contributed by atoms with Gasteiger partial charge >= 0.3 is 5.97 Å². The Hall–Kier alpha value is -3.01. The Balaban J connectivity index is 5.44. The monoisotopic (exact) mass is 463 g/mol.